The first-order valence-corrected chi connectivity index (χ1v) is 5.93. The SMILES string of the molecule is Cc1cc(N(CCO)CC(F)F)nc(C(C)C)n1. The molecule has 0 amide bonds. The molecule has 0 fully saturated rings. The van der Waals surface area contributed by atoms with Gasteiger partial charge in [0.1, 0.15) is 11.6 Å². The van der Waals surface area contributed by atoms with Gasteiger partial charge in [-0.05, 0) is 6.92 Å². The van der Waals surface area contributed by atoms with E-state index in [1.54, 1.807) is 13.0 Å². The quantitative estimate of drug-likeness (QED) is 0.848. The Kier molecular flexibility index (Phi) is 5.40. The molecule has 6 heteroatoms. The van der Waals surface area contributed by atoms with E-state index in [4.69, 9.17) is 5.11 Å². The van der Waals surface area contributed by atoms with Crippen molar-refractivity contribution in [3.63, 3.8) is 0 Å². The fourth-order valence-electron chi connectivity index (χ4n) is 1.58. The zero-order chi connectivity index (χ0) is 13.7. The summed E-state index contributed by atoms with van der Waals surface area (Å²) in [6.07, 6.45) is -2.46. The van der Waals surface area contributed by atoms with Crippen molar-refractivity contribution in [3.05, 3.63) is 17.6 Å². The highest BCUT2D eigenvalue weighted by Crippen LogP contribution is 2.17. The first kappa shape index (κ1) is 14.8. The number of halogens is 2. The molecule has 0 radical (unpaired) electrons. The average molecular weight is 259 g/mol. The summed E-state index contributed by atoms with van der Waals surface area (Å²) >= 11 is 0. The molecule has 0 saturated heterocycles. The molecule has 0 atom stereocenters. The largest absolute Gasteiger partial charge is 0.395 e. The maximum Gasteiger partial charge on any atom is 0.255 e. The molecule has 0 saturated carbocycles. The minimum Gasteiger partial charge on any atom is -0.395 e. The molecule has 4 nitrogen and oxygen atoms in total. The van der Waals surface area contributed by atoms with Crippen molar-refractivity contribution in [2.75, 3.05) is 24.6 Å². The average Bonchev–Trinajstić information content (AvgIpc) is 2.27. The molecule has 0 aliphatic heterocycles. The van der Waals surface area contributed by atoms with Crippen LogP contribution in [0, 0.1) is 6.92 Å². The Labute approximate surface area is 106 Å². The summed E-state index contributed by atoms with van der Waals surface area (Å²) in [5.74, 6) is 1.20. The molecular weight excluding hydrogens is 240 g/mol. The molecule has 0 aliphatic carbocycles. The normalized spacial score (nSPS) is 11.3. The highest BCUT2D eigenvalue weighted by Gasteiger charge is 2.16. The lowest BCUT2D eigenvalue weighted by Crippen LogP contribution is -2.32. The Morgan fingerprint density at radius 1 is 1.33 bits per heavy atom. The van der Waals surface area contributed by atoms with Crippen molar-refractivity contribution in [1.82, 2.24) is 9.97 Å². The van der Waals surface area contributed by atoms with E-state index in [9.17, 15) is 8.78 Å². The van der Waals surface area contributed by atoms with Crippen LogP contribution in [0.5, 0.6) is 0 Å². The van der Waals surface area contributed by atoms with Crippen LogP contribution in [0.1, 0.15) is 31.3 Å². The minimum absolute atomic E-state index is 0.131. The van der Waals surface area contributed by atoms with Gasteiger partial charge in [-0.15, -0.1) is 0 Å². The lowest BCUT2D eigenvalue weighted by atomic mass is 10.2. The summed E-state index contributed by atoms with van der Waals surface area (Å²) in [5, 5.41) is 8.93. The van der Waals surface area contributed by atoms with E-state index in [0.29, 0.717) is 11.6 Å². The van der Waals surface area contributed by atoms with Gasteiger partial charge in [-0.25, -0.2) is 18.7 Å². The summed E-state index contributed by atoms with van der Waals surface area (Å²) in [7, 11) is 0. The van der Waals surface area contributed by atoms with Crippen LogP contribution < -0.4 is 4.90 Å². The van der Waals surface area contributed by atoms with Crippen molar-refractivity contribution in [1.29, 1.82) is 0 Å². The molecule has 0 unspecified atom stereocenters. The Bertz CT molecular complexity index is 386. The van der Waals surface area contributed by atoms with E-state index in [2.05, 4.69) is 9.97 Å². The van der Waals surface area contributed by atoms with Crippen LogP contribution in [-0.4, -0.2) is 41.2 Å². The van der Waals surface area contributed by atoms with E-state index >= 15 is 0 Å². The van der Waals surface area contributed by atoms with Crippen molar-refractivity contribution >= 4 is 5.82 Å². The Morgan fingerprint density at radius 2 is 2.00 bits per heavy atom. The number of hydrogen-bond donors (Lipinski definition) is 1. The highest BCUT2D eigenvalue weighted by atomic mass is 19.3. The molecule has 0 aliphatic rings. The number of aromatic nitrogens is 2. The van der Waals surface area contributed by atoms with Crippen LogP contribution in [0.4, 0.5) is 14.6 Å². The van der Waals surface area contributed by atoms with Gasteiger partial charge < -0.3 is 10.0 Å². The third-order valence-electron chi connectivity index (χ3n) is 2.43. The molecule has 1 heterocycles. The van der Waals surface area contributed by atoms with Crippen LogP contribution in [-0.2, 0) is 0 Å². The Morgan fingerprint density at radius 3 is 2.50 bits per heavy atom. The van der Waals surface area contributed by atoms with Crippen molar-refractivity contribution in [3.8, 4) is 0 Å². The van der Waals surface area contributed by atoms with Crippen LogP contribution in [0.3, 0.4) is 0 Å². The molecule has 1 aromatic rings. The van der Waals surface area contributed by atoms with Crippen LogP contribution in [0.2, 0.25) is 0 Å². The zero-order valence-electron chi connectivity index (χ0n) is 10.9. The van der Waals surface area contributed by atoms with Crippen molar-refractivity contribution in [2.24, 2.45) is 0 Å². The van der Waals surface area contributed by atoms with E-state index < -0.39 is 13.0 Å². The summed E-state index contributed by atoms with van der Waals surface area (Å²) in [5.41, 5.74) is 0.737. The first-order chi connectivity index (χ1) is 8.43. The van der Waals surface area contributed by atoms with Gasteiger partial charge in [-0.1, -0.05) is 13.8 Å². The van der Waals surface area contributed by atoms with Crippen molar-refractivity contribution in [2.45, 2.75) is 33.1 Å². The molecule has 0 spiro atoms. The van der Waals surface area contributed by atoms with Gasteiger partial charge in [0.2, 0.25) is 0 Å². The van der Waals surface area contributed by atoms with Gasteiger partial charge in [0.15, 0.2) is 0 Å². The first-order valence-electron chi connectivity index (χ1n) is 5.93. The number of alkyl halides is 2. The molecule has 18 heavy (non-hydrogen) atoms. The van der Waals surface area contributed by atoms with Gasteiger partial charge in [0.05, 0.1) is 13.2 Å². The second-order valence-corrected chi connectivity index (χ2v) is 4.44. The minimum atomic E-state index is -2.46. The van der Waals surface area contributed by atoms with E-state index in [0.717, 1.165) is 5.69 Å². The number of anilines is 1. The van der Waals surface area contributed by atoms with Gasteiger partial charge in [0.25, 0.3) is 6.43 Å². The lowest BCUT2D eigenvalue weighted by Gasteiger charge is -2.23. The van der Waals surface area contributed by atoms with Crippen LogP contribution >= 0.6 is 0 Å². The maximum atomic E-state index is 12.5. The number of rotatable bonds is 6. The van der Waals surface area contributed by atoms with E-state index in [1.807, 2.05) is 13.8 Å². The smallest absolute Gasteiger partial charge is 0.255 e. The number of aliphatic hydroxyl groups is 1. The standard InChI is InChI=1S/C12H19F2N3O/c1-8(2)12-15-9(3)6-11(16-12)17(4-5-18)7-10(13)14/h6,8,10,18H,4-5,7H2,1-3H3. The van der Waals surface area contributed by atoms with Crippen LogP contribution in [0.25, 0.3) is 0 Å². The van der Waals surface area contributed by atoms with Gasteiger partial charge in [-0.2, -0.15) is 0 Å². The zero-order valence-corrected chi connectivity index (χ0v) is 10.9. The second-order valence-electron chi connectivity index (χ2n) is 4.44. The predicted molar refractivity (Wildman–Crippen MR) is 66.2 cm³/mol. The molecule has 1 N–H and O–H groups in total. The topological polar surface area (TPSA) is 49.2 Å². The molecule has 102 valence electrons. The monoisotopic (exact) mass is 259 g/mol. The molecule has 1 aromatic heterocycles. The fraction of sp³-hybridized carbons (Fsp3) is 0.667. The summed E-state index contributed by atoms with van der Waals surface area (Å²) in [6, 6.07) is 1.66. The number of aryl methyl sites for hydroxylation is 1. The molecule has 0 bridgehead atoms. The van der Waals surface area contributed by atoms with E-state index in [-0.39, 0.29) is 19.1 Å². The number of nitrogens with zero attached hydrogens (tertiary/aromatic N) is 3. The predicted octanol–water partition coefficient (Wildman–Crippen LogP) is 1.97. The Hall–Kier alpha value is -1.30. The van der Waals surface area contributed by atoms with E-state index in [1.165, 1.54) is 4.90 Å². The lowest BCUT2D eigenvalue weighted by molar-refractivity contribution is 0.152. The van der Waals surface area contributed by atoms with Crippen LogP contribution in [0.15, 0.2) is 6.07 Å². The Balaban J connectivity index is 3.02. The van der Waals surface area contributed by atoms with Gasteiger partial charge >= 0.3 is 0 Å². The summed E-state index contributed by atoms with van der Waals surface area (Å²) < 4.78 is 25.0. The molecule has 0 aromatic carbocycles. The number of aliphatic hydroxyl groups excluding tert-OH is 1. The van der Waals surface area contributed by atoms with Crippen molar-refractivity contribution < 1.29 is 13.9 Å². The van der Waals surface area contributed by atoms with Gasteiger partial charge in [-0.3, -0.25) is 0 Å². The highest BCUT2D eigenvalue weighted by molar-refractivity contribution is 5.40. The third kappa shape index (κ3) is 4.18. The molecular formula is C12H19F2N3O. The molecule has 1 rings (SSSR count). The van der Waals surface area contributed by atoms with Gasteiger partial charge in [0, 0.05) is 24.2 Å². The second kappa shape index (κ2) is 6.58. The third-order valence-corrected chi connectivity index (χ3v) is 2.43. The maximum absolute atomic E-state index is 12.5. The fourth-order valence-corrected chi connectivity index (χ4v) is 1.58. The summed E-state index contributed by atoms with van der Waals surface area (Å²) in [6.45, 7) is 5.21. The number of hydrogen-bond acceptors (Lipinski definition) is 4. The summed E-state index contributed by atoms with van der Waals surface area (Å²) in [4.78, 5) is 9.92.